The molecule has 6 N–H and O–H groups in total. The molecule has 0 fully saturated rings. The Balaban J connectivity index is 1.71. The highest BCUT2D eigenvalue weighted by Crippen LogP contribution is 2.26. The van der Waals surface area contributed by atoms with Crippen LogP contribution in [0.15, 0.2) is 72.8 Å². The summed E-state index contributed by atoms with van der Waals surface area (Å²) in [7, 11) is 0. The van der Waals surface area contributed by atoms with E-state index in [1.165, 1.54) is 18.2 Å². The van der Waals surface area contributed by atoms with Crippen molar-refractivity contribution in [1.82, 2.24) is 21.3 Å². The van der Waals surface area contributed by atoms with Gasteiger partial charge in [-0.05, 0) is 53.3 Å². The van der Waals surface area contributed by atoms with Crippen LogP contribution in [0.2, 0.25) is 0 Å². The van der Waals surface area contributed by atoms with Crippen LogP contribution in [-0.2, 0) is 38.4 Å². The lowest BCUT2D eigenvalue weighted by molar-refractivity contribution is -0.134. The topological polar surface area (TPSA) is 166 Å². The van der Waals surface area contributed by atoms with Crippen LogP contribution in [0.3, 0.4) is 0 Å². The zero-order valence-corrected chi connectivity index (χ0v) is 26.4. The summed E-state index contributed by atoms with van der Waals surface area (Å²) in [5.74, 6) is -2.75. The quantitative estimate of drug-likeness (QED) is 0.203. The maximum atomic E-state index is 14.7. The number of ether oxygens (including phenoxy) is 1. The van der Waals surface area contributed by atoms with Gasteiger partial charge in [-0.1, -0.05) is 62.4 Å². The Morgan fingerprint density at radius 2 is 1.62 bits per heavy atom. The second kappa shape index (κ2) is 16.7. The lowest BCUT2D eigenvalue weighted by Gasteiger charge is -2.26. The molecule has 0 spiro atoms. The number of carbonyl (C=O) groups is 4. The molecule has 2 aliphatic heterocycles. The minimum Gasteiger partial charge on any atom is -0.454 e. The van der Waals surface area contributed by atoms with E-state index in [-0.39, 0.29) is 43.9 Å². The summed E-state index contributed by atoms with van der Waals surface area (Å²) in [6.07, 6.45) is -0.945. The maximum Gasteiger partial charge on any atom is 0.243 e. The van der Waals surface area contributed by atoms with Crippen molar-refractivity contribution in [3.05, 3.63) is 95.3 Å². The first-order chi connectivity index (χ1) is 22.5. The maximum absolute atomic E-state index is 14.7. The van der Waals surface area contributed by atoms with Gasteiger partial charge in [0.1, 0.15) is 23.9 Å². The number of aliphatic hydroxyl groups excluding tert-OH is 2. The molecule has 0 radical (unpaired) electrons. The van der Waals surface area contributed by atoms with Crippen LogP contribution in [-0.4, -0.2) is 71.2 Å². The summed E-state index contributed by atoms with van der Waals surface area (Å²) in [5.41, 5.74) is 1.87. The molecule has 4 bridgehead atoms. The first-order valence-corrected chi connectivity index (χ1v) is 15.6. The van der Waals surface area contributed by atoms with Crippen LogP contribution < -0.4 is 26.0 Å². The fourth-order valence-electron chi connectivity index (χ4n) is 5.14. The summed E-state index contributed by atoms with van der Waals surface area (Å²) in [4.78, 5) is 54.0. The molecule has 2 heterocycles. The molecule has 4 atom stereocenters. The van der Waals surface area contributed by atoms with Crippen molar-refractivity contribution in [1.29, 1.82) is 0 Å². The van der Waals surface area contributed by atoms with E-state index in [0.29, 0.717) is 16.9 Å². The molecule has 11 nitrogen and oxygen atoms in total. The predicted octanol–water partition coefficient (Wildman–Crippen LogP) is 1.93. The summed E-state index contributed by atoms with van der Waals surface area (Å²) < 4.78 is 20.5. The Morgan fingerprint density at radius 3 is 2.30 bits per heavy atom. The van der Waals surface area contributed by atoms with E-state index >= 15 is 0 Å². The van der Waals surface area contributed by atoms with Crippen LogP contribution in [0.5, 0.6) is 11.5 Å². The number of halogens is 1. The minimum absolute atomic E-state index is 0.0259. The largest absolute Gasteiger partial charge is 0.454 e. The van der Waals surface area contributed by atoms with Crippen molar-refractivity contribution >= 4 is 23.6 Å². The van der Waals surface area contributed by atoms with Gasteiger partial charge in [0.2, 0.25) is 23.6 Å². The summed E-state index contributed by atoms with van der Waals surface area (Å²) in [6.45, 7) is 2.97. The Morgan fingerprint density at radius 1 is 0.936 bits per heavy atom. The predicted molar refractivity (Wildman–Crippen MR) is 172 cm³/mol. The van der Waals surface area contributed by atoms with Crippen molar-refractivity contribution in [2.24, 2.45) is 5.92 Å². The van der Waals surface area contributed by atoms with E-state index in [1.807, 2.05) is 44.2 Å². The molecule has 250 valence electrons. The number of hydrogen-bond donors (Lipinski definition) is 6. The Labute approximate surface area is 272 Å². The van der Waals surface area contributed by atoms with Crippen LogP contribution in [0, 0.1) is 11.7 Å². The molecule has 3 aromatic rings. The average molecular weight is 649 g/mol. The SMILES string of the molecule is CC(C)C[C@@H]1NC(=O)[C@@H](Cc2ccccc2)NC(=O)Cc2ccc(F)c(c2)Oc2ccc(cc2)C[C@@H](C(=O)NC[C@H](O)CO)NC1=O. The Bertz CT molecular complexity index is 1530. The van der Waals surface area contributed by atoms with Gasteiger partial charge in [-0.25, -0.2) is 4.39 Å². The summed E-state index contributed by atoms with van der Waals surface area (Å²) in [6, 6.07) is 16.5. The number of aliphatic hydroxyl groups is 2. The monoisotopic (exact) mass is 648 g/mol. The average Bonchev–Trinajstić information content (AvgIpc) is 3.04. The molecule has 47 heavy (non-hydrogen) atoms. The third-order valence-electron chi connectivity index (χ3n) is 7.58. The van der Waals surface area contributed by atoms with Gasteiger partial charge in [0.25, 0.3) is 0 Å². The minimum atomic E-state index is -1.20. The Hall–Kier alpha value is -4.81. The molecule has 0 saturated carbocycles. The van der Waals surface area contributed by atoms with Gasteiger partial charge in [-0.2, -0.15) is 0 Å². The molecular formula is C35H41FN4O7. The highest BCUT2D eigenvalue weighted by atomic mass is 19.1. The number of amides is 4. The molecule has 4 amide bonds. The highest BCUT2D eigenvalue weighted by Gasteiger charge is 2.31. The number of nitrogens with one attached hydrogen (secondary N) is 4. The molecule has 0 unspecified atom stereocenters. The molecule has 0 aliphatic carbocycles. The zero-order valence-electron chi connectivity index (χ0n) is 26.4. The molecule has 12 heteroatoms. The van der Waals surface area contributed by atoms with E-state index in [0.717, 1.165) is 5.56 Å². The van der Waals surface area contributed by atoms with Gasteiger partial charge < -0.3 is 36.2 Å². The normalized spacial score (nSPS) is 19.7. The first kappa shape index (κ1) is 35.1. The second-order valence-electron chi connectivity index (χ2n) is 12.0. The van der Waals surface area contributed by atoms with Crippen LogP contribution in [0.25, 0.3) is 0 Å². The van der Waals surface area contributed by atoms with Crippen LogP contribution in [0.4, 0.5) is 4.39 Å². The van der Waals surface area contributed by atoms with Gasteiger partial charge in [0.05, 0.1) is 19.1 Å². The van der Waals surface area contributed by atoms with Crippen molar-refractivity contribution < 1.29 is 38.5 Å². The van der Waals surface area contributed by atoms with Crippen molar-refractivity contribution in [2.75, 3.05) is 13.2 Å². The number of benzene rings is 3. The third-order valence-corrected chi connectivity index (χ3v) is 7.58. The number of fused-ring (bicyclic) bond motifs is 12. The van der Waals surface area contributed by atoms with Gasteiger partial charge in [-0.15, -0.1) is 0 Å². The summed E-state index contributed by atoms with van der Waals surface area (Å²) in [5, 5.41) is 29.8. The molecular weight excluding hydrogens is 607 g/mol. The fraction of sp³-hybridized carbons (Fsp3) is 0.371. The first-order valence-electron chi connectivity index (χ1n) is 15.6. The summed E-state index contributed by atoms with van der Waals surface area (Å²) >= 11 is 0. The van der Waals surface area contributed by atoms with Gasteiger partial charge in [0.15, 0.2) is 11.6 Å². The van der Waals surface area contributed by atoms with Gasteiger partial charge in [0, 0.05) is 19.4 Å². The molecule has 3 aromatic carbocycles. The van der Waals surface area contributed by atoms with E-state index in [9.17, 15) is 33.8 Å². The number of carbonyl (C=O) groups excluding carboxylic acids is 4. The van der Waals surface area contributed by atoms with E-state index in [2.05, 4.69) is 21.3 Å². The third kappa shape index (κ3) is 10.6. The van der Waals surface area contributed by atoms with Crippen molar-refractivity contribution in [3.63, 3.8) is 0 Å². The van der Waals surface area contributed by atoms with Crippen molar-refractivity contribution in [2.45, 2.75) is 63.8 Å². The number of hydrogen-bond acceptors (Lipinski definition) is 7. The molecule has 0 aromatic heterocycles. The highest BCUT2D eigenvalue weighted by molar-refractivity contribution is 5.94. The lowest BCUT2D eigenvalue weighted by Crippen LogP contribution is -2.58. The second-order valence-corrected chi connectivity index (χ2v) is 12.0. The zero-order chi connectivity index (χ0) is 33.9. The smallest absolute Gasteiger partial charge is 0.243 e. The lowest BCUT2D eigenvalue weighted by atomic mass is 9.99. The van der Waals surface area contributed by atoms with E-state index in [4.69, 9.17) is 4.74 Å². The molecule has 2 aliphatic rings. The number of rotatable bonds is 8. The van der Waals surface area contributed by atoms with Gasteiger partial charge >= 0.3 is 0 Å². The van der Waals surface area contributed by atoms with Gasteiger partial charge in [-0.3, -0.25) is 19.2 Å². The molecule has 0 saturated heterocycles. The van der Waals surface area contributed by atoms with Crippen LogP contribution >= 0.6 is 0 Å². The van der Waals surface area contributed by atoms with Crippen molar-refractivity contribution in [3.8, 4) is 11.5 Å². The Kier molecular flexibility index (Phi) is 12.4. The fourth-order valence-corrected chi connectivity index (χ4v) is 5.14. The standard InChI is InChI=1S/C35H41FN4O7/c1-21(2)14-28-34(45)40-29(33(44)37-19-25(42)20-41)16-23-8-11-26(12-9-23)47-31-17-24(10-13-27(31)36)18-32(43)38-30(35(46)39-28)15-22-6-4-3-5-7-22/h3-13,17,21,25,28-30,41-42H,14-16,18-20H2,1-2H3,(H,37,44)(H,38,43)(H,39,46)(H,40,45)/t25-,28-,29-,30+/m0/s1. The van der Waals surface area contributed by atoms with Crippen LogP contribution in [0.1, 0.15) is 37.0 Å². The molecule has 5 rings (SSSR count). The van der Waals surface area contributed by atoms with E-state index in [1.54, 1.807) is 24.3 Å². The van der Waals surface area contributed by atoms with E-state index < -0.39 is 60.3 Å².